The molecule has 0 unspecified atom stereocenters. The number of nitrogens with zero attached hydrogens (tertiary/aromatic N) is 6. The van der Waals surface area contributed by atoms with Crippen LogP contribution in [0.5, 0.6) is 0 Å². The van der Waals surface area contributed by atoms with Crippen molar-refractivity contribution in [1.29, 1.82) is 10.5 Å². The molecule has 8 aromatic carbocycles. The van der Waals surface area contributed by atoms with Gasteiger partial charge in [-0.05, 0) is 94.0 Å². The standard InChI is InChI=1S/C53H27F3N6/c1-59-38-20-16-35(17-21-38)37-19-24-43-41-8-4-6-10-48(41)62(50(43)27-37)52-29-46(60-2)44(39-22-13-33(31-58)25-45(39)53(54,55)56)28-51(52)61-47-9-5-3-7-40(47)42-23-18-36(26-49(42)61)34-14-11-32(30-57)12-15-34/h3-29H. The smallest absolute Gasteiger partial charge is 0.308 e. The van der Waals surface area contributed by atoms with Gasteiger partial charge in [0.2, 0.25) is 0 Å². The number of rotatable bonds is 5. The minimum atomic E-state index is -4.83. The molecule has 0 N–H and O–H groups in total. The van der Waals surface area contributed by atoms with E-state index >= 15 is 0 Å². The van der Waals surface area contributed by atoms with E-state index in [-0.39, 0.29) is 22.4 Å². The molecule has 0 spiro atoms. The first-order valence-electron chi connectivity index (χ1n) is 19.4. The Morgan fingerprint density at radius 1 is 0.452 bits per heavy atom. The molecule has 9 heteroatoms. The Balaban J connectivity index is 1.36. The molecule has 0 bridgehead atoms. The summed E-state index contributed by atoms with van der Waals surface area (Å²) in [5.41, 5.74) is 7.49. The summed E-state index contributed by atoms with van der Waals surface area (Å²) in [7, 11) is 0. The third-order valence-electron chi connectivity index (χ3n) is 11.5. The zero-order chi connectivity index (χ0) is 42.7. The molecular weight excluding hydrogens is 778 g/mol. The Morgan fingerprint density at radius 3 is 1.45 bits per heavy atom. The van der Waals surface area contributed by atoms with Crippen molar-refractivity contribution in [1.82, 2.24) is 9.13 Å². The van der Waals surface area contributed by atoms with E-state index < -0.39 is 11.7 Å². The summed E-state index contributed by atoms with van der Waals surface area (Å²) in [4.78, 5) is 7.44. The van der Waals surface area contributed by atoms with E-state index in [1.807, 2.05) is 109 Å². The van der Waals surface area contributed by atoms with Crippen molar-refractivity contribution >= 4 is 55.0 Å². The number of halogens is 3. The second-order valence-corrected chi connectivity index (χ2v) is 14.9. The Hall–Kier alpha value is -8.89. The van der Waals surface area contributed by atoms with E-state index in [0.717, 1.165) is 71.9 Å². The van der Waals surface area contributed by atoms with Crippen LogP contribution in [-0.2, 0) is 6.18 Å². The molecule has 0 aliphatic rings. The molecule has 2 heterocycles. The van der Waals surface area contributed by atoms with Crippen molar-refractivity contribution in [3.05, 3.63) is 203 Å². The van der Waals surface area contributed by atoms with E-state index in [1.54, 1.807) is 36.4 Å². The molecule has 290 valence electrons. The van der Waals surface area contributed by atoms with Crippen molar-refractivity contribution in [3.8, 4) is 56.9 Å². The van der Waals surface area contributed by atoms with E-state index in [1.165, 1.54) is 12.1 Å². The predicted octanol–water partition coefficient (Wildman–Crippen LogP) is 14.7. The molecule has 0 fully saturated rings. The maximum atomic E-state index is 15.0. The molecule has 6 nitrogen and oxygen atoms in total. The lowest BCUT2D eigenvalue weighted by Gasteiger charge is -2.21. The number of hydrogen-bond donors (Lipinski definition) is 0. The van der Waals surface area contributed by atoms with Gasteiger partial charge in [0.1, 0.15) is 0 Å². The first-order chi connectivity index (χ1) is 30.2. The van der Waals surface area contributed by atoms with Gasteiger partial charge in [-0.25, -0.2) is 9.69 Å². The Labute approximate surface area is 353 Å². The summed E-state index contributed by atoms with van der Waals surface area (Å²) in [5.74, 6) is 0. The molecule has 0 amide bonds. The molecular formula is C53H27F3N6. The van der Waals surface area contributed by atoms with Gasteiger partial charge in [0.15, 0.2) is 11.4 Å². The van der Waals surface area contributed by atoms with Crippen LogP contribution >= 0.6 is 0 Å². The average molecular weight is 805 g/mol. The molecule has 0 radical (unpaired) electrons. The first-order valence-corrected chi connectivity index (χ1v) is 19.4. The lowest BCUT2D eigenvalue weighted by molar-refractivity contribution is -0.137. The summed E-state index contributed by atoms with van der Waals surface area (Å²) < 4.78 is 49.0. The van der Waals surface area contributed by atoms with Crippen molar-refractivity contribution in [2.24, 2.45) is 0 Å². The van der Waals surface area contributed by atoms with Crippen LogP contribution in [0, 0.1) is 35.8 Å². The minimum absolute atomic E-state index is 0.00480. The van der Waals surface area contributed by atoms with E-state index in [4.69, 9.17) is 13.1 Å². The number of nitriles is 2. The zero-order valence-corrected chi connectivity index (χ0v) is 32.4. The number of alkyl halides is 3. The van der Waals surface area contributed by atoms with Crippen molar-refractivity contribution in [2.45, 2.75) is 6.18 Å². The largest absolute Gasteiger partial charge is 0.417 e. The summed E-state index contributed by atoms with van der Waals surface area (Å²) in [5, 5.41) is 22.8. The van der Waals surface area contributed by atoms with Crippen LogP contribution in [0.2, 0.25) is 0 Å². The highest BCUT2D eigenvalue weighted by Crippen LogP contribution is 2.47. The lowest BCUT2D eigenvalue weighted by Crippen LogP contribution is -2.09. The molecule has 0 saturated heterocycles. The number of para-hydroxylation sites is 2. The molecule has 10 rings (SSSR count). The van der Waals surface area contributed by atoms with Crippen LogP contribution in [0.1, 0.15) is 16.7 Å². The van der Waals surface area contributed by atoms with Crippen LogP contribution in [0.3, 0.4) is 0 Å². The highest BCUT2D eigenvalue weighted by molar-refractivity contribution is 6.13. The second kappa shape index (κ2) is 14.4. The normalized spacial score (nSPS) is 11.4. The molecule has 0 aliphatic heterocycles. The highest BCUT2D eigenvalue weighted by Gasteiger charge is 2.35. The van der Waals surface area contributed by atoms with Crippen LogP contribution in [0.4, 0.5) is 24.5 Å². The summed E-state index contributed by atoms with van der Waals surface area (Å²) in [6.07, 6.45) is -4.83. The molecule has 2 aromatic heterocycles. The van der Waals surface area contributed by atoms with Crippen molar-refractivity contribution in [3.63, 3.8) is 0 Å². The maximum absolute atomic E-state index is 15.0. The van der Waals surface area contributed by atoms with Gasteiger partial charge in [-0.3, -0.25) is 0 Å². The van der Waals surface area contributed by atoms with Gasteiger partial charge in [0, 0.05) is 21.5 Å². The van der Waals surface area contributed by atoms with Crippen LogP contribution < -0.4 is 0 Å². The van der Waals surface area contributed by atoms with Crippen LogP contribution in [0.15, 0.2) is 164 Å². The van der Waals surface area contributed by atoms with Crippen LogP contribution in [-0.4, -0.2) is 9.13 Å². The van der Waals surface area contributed by atoms with E-state index in [9.17, 15) is 23.7 Å². The minimum Gasteiger partial charge on any atom is -0.308 e. The third kappa shape index (κ3) is 6.01. The number of fused-ring (bicyclic) bond motifs is 6. The van der Waals surface area contributed by atoms with Crippen molar-refractivity contribution in [2.75, 3.05) is 0 Å². The quantitative estimate of drug-likeness (QED) is 0.163. The summed E-state index contributed by atoms with van der Waals surface area (Å²) in [6.45, 7) is 15.9. The predicted molar refractivity (Wildman–Crippen MR) is 238 cm³/mol. The molecule has 0 saturated carbocycles. The monoisotopic (exact) mass is 804 g/mol. The van der Waals surface area contributed by atoms with Crippen molar-refractivity contribution < 1.29 is 13.2 Å². The second-order valence-electron chi connectivity index (χ2n) is 14.9. The molecule has 10 aromatic rings. The average Bonchev–Trinajstić information content (AvgIpc) is 3.82. The Kier molecular flexibility index (Phi) is 8.70. The fourth-order valence-corrected chi connectivity index (χ4v) is 8.60. The zero-order valence-electron chi connectivity index (χ0n) is 32.4. The van der Waals surface area contributed by atoms with Gasteiger partial charge >= 0.3 is 6.18 Å². The van der Waals surface area contributed by atoms with Gasteiger partial charge < -0.3 is 9.13 Å². The van der Waals surface area contributed by atoms with Gasteiger partial charge in [-0.1, -0.05) is 103 Å². The van der Waals surface area contributed by atoms with E-state index in [2.05, 4.69) is 31.0 Å². The van der Waals surface area contributed by atoms with Gasteiger partial charge in [-0.2, -0.15) is 23.7 Å². The fourth-order valence-electron chi connectivity index (χ4n) is 8.60. The van der Waals surface area contributed by atoms with E-state index in [0.29, 0.717) is 22.6 Å². The van der Waals surface area contributed by atoms with Crippen LogP contribution in [0.25, 0.3) is 98.1 Å². The fraction of sp³-hybridized carbons (Fsp3) is 0.0189. The number of aromatic nitrogens is 2. The van der Waals surface area contributed by atoms with Gasteiger partial charge in [0.25, 0.3) is 0 Å². The highest BCUT2D eigenvalue weighted by atomic mass is 19.4. The summed E-state index contributed by atoms with van der Waals surface area (Å²) in [6, 6.07) is 53.4. The molecule has 0 aliphatic carbocycles. The Morgan fingerprint density at radius 2 is 0.935 bits per heavy atom. The maximum Gasteiger partial charge on any atom is 0.417 e. The Bertz CT molecular complexity index is 3660. The topological polar surface area (TPSA) is 66.2 Å². The first kappa shape index (κ1) is 37.4. The third-order valence-corrected chi connectivity index (χ3v) is 11.5. The van der Waals surface area contributed by atoms with Gasteiger partial charge in [0.05, 0.1) is 75.4 Å². The summed E-state index contributed by atoms with van der Waals surface area (Å²) >= 11 is 0. The molecule has 62 heavy (non-hydrogen) atoms. The SMILES string of the molecule is [C-]#[N+]c1ccc(-c2ccc3c4ccccc4n(-c4cc([N+]#[C-])c(-c5ccc(C#N)cc5C(F)(F)F)cc4-n4c5ccccc5c5ccc(-c6ccc(C#N)cc6)cc54)c3c2)cc1. The lowest BCUT2D eigenvalue weighted by atomic mass is 9.94. The van der Waals surface area contributed by atoms with Gasteiger partial charge in [-0.15, -0.1) is 0 Å². The molecule has 0 atom stereocenters. The number of hydrogen-bond acceptors (Lipinski definition) is 2. The number of benzene rings is 8.